The maximum Gasteiger partial charge on any atom is 0.0498 e. The van der Waals surface area contributed by atoms with E-state index in [0.29, 0.717) is 0 Å². The predicted molar refractivity (Wildman–Crippen MR) is 47.0 cm³/mol. The van der Waals surface area contributed by atoms with Crippen LogP contribution in [0.15, 0.2) is 0 Å². The topological polar surface area (TPSA) is 21.3 Å². The summed E-state index contributed by atoms with van der Waals surface area (Å²) >= 11 is 0. The molecule has 68 valence electrons. The molecule has 1 unspecified atom stereocenters. The quantitative estimate of drug-likeness (QED) is 0.666. The van der Waals surface area contributed by atoms with Crippen LogP contribution in [0.3, 0.4) is 0 Å². The number of hydrogen-bond donors (Lipinski definition) is 1. The molecule has 2 saturated carbocycles. The molecule has 3 rings (SSSR count). The highest BCUT2D eigenvalue weighted by Crippen LogP contribution is 2.37. The van der Waals surface area contributed by atoms with Crippen LogP contribution in [0.2, 0.25) is 0 Å². The van der Waals surface area contributed by atoms with Crippen LogP contribution in [0, 0.1) is 11.8 Å². The van der Waals surface area contributed by atoms with Crippen molar-refractivity contribution in [3.63, 3.8) is 0 Å². The molecule has 1 heterocycles. The lowest BCUT2D eigenvalue weighted by molar-refractivity contribution is 0.169. The molecule has 3 atom stereocenters. The Morgan fingerprint density at radius 3 is 2.17 bits per heavy atom. The van der Waals surface area contributed by atoms with Crippen molar-refractivity contribution in [3.8, 4) is 0 Å². The second-order valence-electron chi connectivity index (χ2n) is 4.67. The van der Waals surface area contributed by atoms with Crippen LogP contribution >= 0.6 is 0 Å². The fourth-order valence-electron chi connectivity index (χ4n) is 2.71. The molecule has 1 N–H and O–H groups in total. The van der Waals surface area contributed by atoms with Crippen molar-refractivity contribution in [1.82, 2.24) is 5.32 Å². The first kappa shape index (κ1) is 7.34. The van der Waals surface area contributed by atoms with Crippen molar-refractivity contribution in [3.05, 3.63) is 0 Å². The molecular weight excluding hydrogens is 150 g/mol. The van der Waals surface area contributed by atoms with Crippen molar-refractivity contribution in [2.45, 2.75) is 37.8 Å². The second-order valence-corrected chi connectivity index (χ2v) is 4.67. The van der Waals surface area contributed by atoms with Crippen LogP contribution in [-0.4, -0.2) is 25.3 Å². The lowest BCUT2D eigenvalue weighted by Gasteiger charge is -2.12. The summed E-state index contributed by atoms with van der Waals surface area (Å²) < 4.78 is 5.45. The Morgan fingerprint density at radius 1 is 0.917 bits per heavy atom. The largest absolute Gasteiger partial charge is 0.381 e. The van der Waals surface area contributed by atoms with Crippen molar-refractivity contribution in [1.29, 1.82) is 0 Å². The van der Waals surface area contributed by atoms with Gasteiger partial charge in [0.2, 0.25) is 0 Å². The third kappa shape index (κ3) is 1.27. The van der Waals surface area contributed by atoms with Gasteiger partial charge in [-0.15, -0.1) is 0 Å². The summed E-state index contributed by atoms with van der Waals surface area (Å²) in [5, 5.41) is 3.73. The first-order chi connectivity index (χ1) is 5.92. The molecule has 0 aromatic rings. The molecule has 0 amide bonds. The van der Waals surface area contributed by atoms with E-state index < -0.39 is 0 Å². The number of ether oxygens (including phenoxy) is 1. The van der Waals surface area contributed by atoms with Gasteiger partial charge < -0.3 is 10.1 Å². The Hall–Kier alpha value is -0.0800. The Balaban J connectivity index is 1.56. The summed E-state index contributed by atoms with van der Waals surface area (Å²) in [6.45, 7) is 2.07. The van der Waals surface area contributed by atoms with Gasteiger partial charge in [-0.25, -0.2) is 0 Å². The SMILES string of the molecule is C1CC1NC1C[C@H]2COC[C@H]2C1. The zero-order valence-corrected chi connectivity index (χ0v) is 7.46. The Bertz CT molecular complexity index is 167. The molecule has 0 aromatic carbocycles. The molecule has 3 aliphatic rings. The van der Waals surface area contributed by atoms with Crippen LogP contribution in [-0.2, 0) is 4.74 Å². The van der Waals surface area contributed by atoms with Gasteiger partial charge in [0.1, 0.15) is 0 Å². The highest BCUT2D eigenvalue weighted by molar-refractivity contribution is 4.94. The summed E-state index contributed by atoms with van der Waals surface area (Å²) in [6.07, 6.45) is 5.59. The Morgan fingerprint density at radius 2 is 1.58 bits per heavy atom. The van der Waals surface area contributed by atoms with E-state index in [1.807, 2.05) is 0 Å². The molecule has 2 heteroatoms. The standard InChI is InChI=1S/C10H17NO/c1-2-9(1)11-10-3-7-5-12-6-8(7)4-10/h7-11H,1-6H2/t7-,8+,10?. The van der Waals surface area contributed by atoms with E-state index >= 15 is 0 Å². The van der Waals surface area contributed by atoms with E-state index in [1.54, 1.807) is 0 Å². The smallest absolute Gasteiger partial charge is 0.0498 e. The summed E-state index contributed by atoms with van der Waals surface area (Å²) in [6, 6.07) is 1.71. The maximum absolute atomic E-state index is 5.45. The van der Waals surface area contributed by atoms with Crippen molar-refractivity contribution in [2.75, 3.05) is 13.2 Å². The maximum atomic E-state index is 5.45. The predicted octanol–water partition coefficient (Wildman–Crippen LogP) is 1.16. The second kappa shape index (κ2) is 2.71. The number of rotatable bonds is 2. The molecular formula is C10H17NO. The highest BCUT2D eigenvalue weighted by atomic mass is 16.5. The summed E-state index contributed by atoms with van der Waals surface area (Å²) in [5.41, 5.74) is 0. The Kier molecular flexibility index (Phi) is 1.66. The average molecular weight is 167 g/mol. The molecule has 1 aliphatic heterocycles. The minimum absolute atomic E-state index is 0.830. The Labute approximate surface area is 73.7 Å². The lowest BCUT2D eigenvalue weighted by atomic mass is 10.0. The third-order valence-electron chi connectivity index (χ3n) is 3.55. The van der Waals surface area contributed by atoms with E-state index in [-0.39, 0.29) is 0 Å². The van der Waals surface area contributed by atoms with Gasteiger partial charge in [0, 0.05) is 25.3 Å². The van der Waals surface area contributed by atoms with Gasteiger partial charge in [0.15, 0.2) is 0 Å². The van der Waals surface area contributed by atoms with Crippen molar-refractivity contribution in [2.24, 2.45) is 11.8 Å². The summed E-state index contributed by atoms with van der Waals surface area (Å²) in [7, 11) is 0. The van der Waals surface area contributed by atoms with Crippen LogP contribution in [0.1, 0.15) is 25.7 Å². The third-order valence-corrected chi connectivity index (χ3v) is 3.55. The van der Waals surface area contributed by atoms with Crippen LogP contribution in [0.4, 0.5) is 0 Å². The van der Waals surface area contributed by atoms with E-state index in [1.165, 1.54) is 25.7 Å². The average Bonchev–Trinajstić information content (AvgIpc) is 2.56. The van der Waals surface area contributed by atoms with Gasteiger partial charge in [0.25, 0.3) is 0 Å². The van der Waals surface area contributed by atoms with Gasteiger partial charge in [-0.2, -0.15) is 0 Å². The van der Waals surface area contributed by atoms with Gasteiger partial charge in [-0.1, -0.05) is 0 Å². The van der Waals surface area contributed by atoms with E-state index in [4.69, 9.17) is 4.74 Å². The number of nitrogens with one attached hydrogen (secondary N) is 1. The zero-order chi connectivity index (χ0) is 7.97. The molecule has 0 bridgehead atoms. The molecule has 0 aromatic heterocycles. The van der Waals surface area contributed by atoms with Gasteiger partial charge >= 0.3 is 0 Å². The van der Waals surface area contributed by atoms with Gasteiger partial charge in [0.05, 0.1) is 0 Å². The van der Waals surface area contributed by atoms with Crippen molar-refractivity contribution < 1.29 is 4.74 Å². The van der Waals surface area contributed by atoms with E-state index in [2.05, 4.69) is 5.32 Å². The van der Waals surface area contributed by atoms with Crippen LogP contribution in [0.5, 0.6) is 0 Å². The van der Waals surface area contributed by atoms with Crippen LogP contribution < -0.4 is 5.32 Å². The zero-order valence-electron chi connectivity index (χ0n) is 7.46. The molecule has 0 radical (unpaired) electrons. The molecule has 2 aliphatic carbocycles. The van der Waals surface area contributed by atoms with E-state index in [9.17, 15) is 0 Å². The van der Waals surface area contributed by atoms with E-state index in [0.717, 1.165) is 37.1 Å². The molecule has 3 fully saturated rings. The molecule has 2 nitrogen and oxygen atoms in total. The van der Waals surface area contributed by atoms with Gasteiger partial charge in [-0.3, -0.25) is 0 Å². The minimum atomic E-state index is 0.830. The monoisotopic (exact) mass is 167 g/mol. The summed E-state index contributed by atoms with van der Waals surface area (Å²) in [4.78, 5) is 0. The highest BCUT2D eigenvalue weighted by Gasteiger charge is 2.39. The summed E-state index contributed by atoms with van der Waals surface area (Å²) in [5.74, 6) is 1.78. The van der Waals surface area contributed by atoms with Gasteiger partial charge in [-0.05, 0) is 37.5 Å². The lowest BCUT2D eigenvalue weighted by Crippen LogP contribution is -2.29. The fraction of sp³-hybridized carbons (Fsp3) is 1.00. The molecule has 0 spiro atoms. The first-order valence-electron chi connectivity index (χ1n) is 5.25. The molecule has 1 saturated heterocycles. The fourth-order valence-corrected chi connectivity index (χ4v) is 2.71. The number of fused-ring (bicyclic) bond motifs is 1. The van der Waals surface area contributed by atoms with Crippen molar-refractivity contribution >= 4 is 0 Å². The molecule has 12 heavy (non-hydrogen) atoms. The number of hydrogen-bond acceptors (Lipinski definition) is 2. The first-order valence-corrected chi connectivity index (χ1v) is 5.25. The van der Waals surface area contributed by atoms with Crippen LogP contribution in [0.25, 0.3) is 0 Å². The normalized spacial score (nSPS) is 46.5. The minimum Gasteiger partial charge on any atom is -0.381 e.